The summed E-state index contributed by atoms with van der Waals surface area (Å²) in [4.78, 5) is 38.5. The maximum absolute atomic E-state index is 12.3. The molecule has 0 spiro atoms. The topological polar surface area (TPSA) is 69.7 Å². The lowest BCUT2D eigenvalue weighted by molar-refractivity contribution is -0.146. The van der Waals surface area contributed by atoms with Crippen LogP contribution in [0.25, 0.3) is 0 Å². The predicted molar refractivity (Wildman–Crippen MR) is 74.1 cm³/mol. The third kappa shape index (κ3) is 3.03. The SMILES string of the molecule is CC(=O)N(C(=O)C(=O)N1CCNCC1)c1ccccc1. The average Bonchev–Trinajstić information content (AvgIpc) is 2.48. The summed E-state index contributed by atoms with van der Waals surface area (Å²) < 4.78 is 0. The molecule has 0 unspecified atom stereocenters. The Morgan fingerprint density at radius 3 is 2.25 bits per heavy atom. The molecule has 1 aromatic rings. The Kier molecular flexibility index (Phi) is 4.47. The number of anilines is 1. The van der Waals surface area contributed by atoms with Crippen LogP contribution in [0.4, 0.5) is 5.69 Å². The first-order valence-corrected chi connectivity index (χ1v) is 6.51. The van der Waals surface area contributed by atoms with Crippen LogP contribution in [0.2, 0.25) is 0 Å². The van der Waals surface area contributed by atoms with Crippen molar-refractivity contribution in [1.82, 2.24) is 10.2 Å². The number of rotatable bonds is 1. The Hall–Kier alpha value is -2.21. The molecule has 0 atom stereocenters. The van der Waals surface area contributed by atoms with E-state index in [2.05, 4.69) is 5.32 Å². The quantitative estimate of drug-likeness (QED) is 0.732. The lowest BCUT2D eigenvalue weighted by atomic mass is 10.2. The number of nitrogens with zero attached hydrogens (tertiary/aromatic N) is 2. The molecule has 1 fully saturated rings. The minimum atomic E-state index is -0.800. The molecule has 0 bridgehead atoms. The second-order valence-electron chi connectivity index (χ2n) is 4.54. The number of hydrogen-bond acceptors (Lipinski definition) is 4. The Morgan fingerprint density at radius 2 is 1.70 bits per heavy atom. The Balaban J connectivity index is 2.19. The van der Waals surface area contributed by atoms with Gasteiger partial charge in [0.25, 0.3) is 0 Å². The van der Waals surface area contributed by atoms with Crippen LogP contribution in [0.15, 0.2) is 30.3 Å². The highest BCUT2D eigenvalue weighted by Crippen LogP contribution is 2.14. The monoisotopic (exact) mass is 275 g/mol. The van der Waals surface area contributed by atoms with Gasteiger partial charge >= 0.3 is 11.8 Å². The molecule has 106 valence electrons. The maximum atomic E-state index is 12.3. The molecule has 0 saturated carbocycles. The second kappa shape index (κ2) is 6.29. The van der Waals surface area contributed by atoms with Crippen LogP contribution < -0.4 is 10.2 Å². The third-order valence-corrected chi connectivity index (χ3v) is 3.12. The Morgan fingerprint density at radius 1 is 1.10 bits per heavy atom. The second-order valence-corrected chi connectivity index (χ2v) is 4.54. The Labute approximate surface area is 117 Å². The number of piperazine rings is 1. The van der Waals surface area contributed by atoms with E-state index in [4.69, 9.17) is 0 Å². The van der Waals surface area contributed by atoms with Crippen LogP contribution in [0, 0.1) is 0 Å². The van der Waals surface area contributed by atoms with Gasteiger partial charge in [-0.2, -0.15) is 0 Å². The van der Waals surface area contributed by atoms with Gasteiger partial charge < -0.3 is 10.2 Å². The molecule has 6 heteroatoms. The van der Waals surface area contributed by atoms with Crippen LogP contribution in [0.5, 0.6) is 0 Å². The molecule has 1 saturated heterocycles. The number of amides is 3. The number of carbonyl (C=O) groups is 3. The van der Waals surface area contributed by atoms with E-state index in [1.165, 1.54) is 11.8 Å². The summed E-state index contributed by atoms with van der Waals surface area (Å²) in [6, 6.07) is 8.47. The normalized spacial score (nSPS) is 14.8. The van der Waals surface area contributed by atoms with Crippen molar-refractivity contribution in [1.29, 1.82) is 0 Å². The van der Waals surface area contributed by atoms with E-state index >= 15 is 0 Å². The van der Waals surface area contributed by atoms with E-state index < -0.39 is 17.7 Å². The number of imide groups is 1. The molecular formula is C14H17N3O3. The fraction of sp³-hybridized carbons (Fsp3) is 0.357. The maximum Gasteiger partial charge on any atom is 0.323 e. The number of benzene rings is 1. The summed E-state index contributed by atoms with van der Waals surface area (Å²) >= 11 is 0. The van der Waals surface area contributed by atoms with Crippen LogP contribution in [-0.4, -0.2) is 48.8 Å². The largest absolute Gasteiger partial charge is 0.332 e. The van der Waals surface area contributed by atoms with Crippen molar-refractivity contribution in [2.24, 2.45) is 0 Å². The highest BCUT2D eigenvalue weighted by atomic mass is 16.2. The summed E-state index contributed by atoms with van der Waals surface area (Å²) in [5.74, 6) is -1.90. The molecule has 0 radical (unpaired) electrons. The minimum Gasteiger partial charge on any atom is -0.332 e. The molecule has 0 aliphatic carbocycles. The van der Waals surface area contributed by atoms with Gasteiger partial charge in [-0.25, -0.2) is 4.90 Å². The van der Waals surface area contributed by atoms with Gasteiger partial charge in [0.2, 0.25) is 5.91 Å². The summed E-state index contributed by atoms with van der Waals surface area (Å²) in [5.41, 5.74) is 0.411. The smallest absolute Gasteiger partial charge is 0.323 e. The highest BCUT2D eigenvalue weighted by molar-refractivity contribution is 6.45. The summed E-state index contributed by atoms with van der Waals surface area (Å²) in [6.45, 7) is 3.54. The predicted octanol–water partition coefficient (Wildman–Crippen LogP) is -0.00210. The van der Waals surface area contributed by atoms with E-state index in [9.17, 15) is 14.4 Å². The van der Waals surface area contributed by atoms with E-state index in [-0.39, 0.29) is 0 Å². The van der Waals surface area contributed by atoms with Gasteiger partial charge in [0.15, 0.2) is 0 Å². The third-order valence-electron chi connectivity index (χ3n) is 3.12. The van der Waals surface area contributed by atoms with Gasteiger partial charge in [0, 0.05) is 33.1 Å². The summed E-state index contributed by atoms with van der Waals surface area (Å²) in [5, 5.41) is 3.11. The first-order chi connectivity index (χ1) is 9.61. The highest BCUT2D eigenvalue weighted by Gasteiger charge is 2.31. The molecule has 1 aliphatic heterocycles. The van der Waals surface area contributed by atoms with E-state index in [0.717, 1.165) is 4.90 Å². The fourth-order valence-electron chi connectivity index (χ4n) is 2.12. The molecule has 0 aromatic heterocycles. The zero-order valence-corrected chi connectivity index (χ0v) is 11.3. The number of carbonyl (C=O) groups excluding carboxylic acids is 3. The molecular weight excluding hydrogens is 258 g/mol. The van der Waals surface area contributed by atoms with Crippen LogP contribution in [-0.2, 0) is 14.4 Å². The van der Waals surface area contributed by atoms with Crippen molar-refractivity contribution >= 4 is 23.4 Å². The molecule has 1 aliphatic rings. The Bertz CT molecular complexity index is 510. The van der Waals surface area contributed by atoms with E-state index in [1.807, 2.05) is 0 Å². The zero-order chi connectivity index (χ0) is 14.5. The first-order valence-electron chi connectivity index (χ1n) is 6.51. The summed E-state index contributed by atoms with van der Waals surface area (Å²) in [6.07, 6.45) is 0. The van der Waals surface area contributed by atoms with Gasteiger partial charge in [0.1, 0.15) is 0 Å². The van der Waals surface area contributed by atoms with Crippen molar-refractivity contribution < 1.29 is 14.4 Å². The van der Waals surface area contributed by atoms with Gasteiger partial charge in [-0.15, -0.1) is 0 Å². The molecule has 1 aromatic carbocycles. The molecule has 1 heterocycles. The molecule has 6 nitrogen and oxygen atoms in total. The number of hydrogen-bond donors (Lipinski definition) is 1. The minimum absolute atomic E-state index is 0.411. The lowest BCUT2D eigenvalue weighted by Gasteiger charge is -2.28. The van der Waals surface area contributed by atoms with Crippen molar-refractivity contribution in [3.05, 3.63) is 30.3 Å². The van der Waals surface area contributed by atoms with Gasteiger partial charge in [-0.3, -0.25) is 14.4 Å². The summed E-state index contributed by atoms with van der Waals surface area (Å²) in [7, 11) is 0. The van der Waals surface area contributed by atoms with Crippen molar-refractivity contribution in [2.75, 3.05) is 31.1 Å². The van der Waals surface area contributed by atoms with Crippen LogP contribution in [0.3, 0.4) is 0 Å². The lowest BCUT2D eigenvalue weighted by Crippen LogP contribution is -2.53. The van der Waals surface area contributed by atoms with E-state index in [1.54, 1.807) is 30.3 Å². The van der Waals surface area contributed by atoms with Gasteiger partial charge in [0.05, 0.1) is 5.69 Å². The molecule has 3 amide bonds. The zero-order valence-electron chi connectivity index (χ0n) is 11.3. The van der Waals surface area contributed by atoms with Crippen molar-refractivity contribution in [2.45, 2.75) is 6.92 Å². The van der Waals surface area contributed by atoms with Gasteiger partial charge in [-0.1, -0.05) is 18.2 Å². The molecule has 2 rings (SSSR count). The van der Waals surface area contributed by atoms with Crippen LogP contribution in [0.1, 0.15) is 6.92 Å². The number of nitrogens with one attached hydrogen (secondary N) is 1. The van der Waals surface area contributed by atoms with Gasteiger partial charge in [-0.05, 0) is 12.1 Å². The molecule has 1 N–H and O–H groups in total. The van der Waals surface area contributed by atoms with Crippen molar-refractivity contribution in [3.63, 3.8) is 0 Å². The first kappa shape index (κ1) is 14.2. The molecule has 20 heavy (non-hydrogen) atoms. The fourth-order valence-corrected chi connectivity index (χ4v) is 2.12. The van der Waals surface area contributed by atoms with Crippen molar-refractivity contribution in [3.8, 4) is 0 Å². The van der Waals surface area contributed by atoms with Crippen LogP contribution >= 0.6 is 0 Å². The van der Waals surface area contributed by atoms with E-state index in [0.29, 0.717) is 31.9 Å². The average molecular weight is 275 g/mol. The standard InChI is InChI=1S/C14H17N3O3/c1-11(18)17(12-5-3-2-4-6-12)14(20)13(19)16-9-7-15-8-10-16/h2-6,15H,7-10H2,1H3. The number of para-hydroxylation sites is 1.